The Morgan fingerprint density at radius 3 is 2.88 bits per heavy atom. The average Bonchev–Trinajstić information content (AvgIpc) is 3.37. The van der Waals surface area contributed by atoms with Gasteiger partial charge in [-0.25, -0.2) is 0 Å². The highest BCUT2D eigenvalue weighted by Gasteiger charge is 2.30. The van der Waals surface area contributed by atoms with E-state index in [-0.39, 0.29) is 28.1 Å². The van der Waals surface area contributed by atoms with E-state index >= 15 is 0 Å². The number of nitro benzene ring substituents is 1. The number of nitrogens with zero attached hydrogens (tertiary/aromatic N) is 4. The van der Waals surface area contributed by atoms with Gasteiger partial charge in [-0.1, -0.05) is 30.3 Å². The van der Waals surface area contributed by atoms with E-state index in [9.17, 15) is 14.9 Å². The van der Waals surface area contributed by atoms with Crippen LogP contribution in [0.5, 0.6) is 0 Å². The number of rotatable bonds is 8. The second-order valence-corrected chi connectivity index (χ2v) is 7.37. The number of halogens is 1. The summed E-state index contributed by atoms with van der Waals surface area (Å²) in [5.74, 6) is 1.29. The molecule has 3 rings (SSSR count). The highest BCUT2D eigenvalue weighted by Crippen LogP contribution is 2.40. The Balaban J connectivity index is 1.64. The fourth-order valence-corrected chi connectivity index (χ4v) is 3.46. The SMILES string of the molecule is CCCn1c(SCC(=O)Nc2cc([N+](=O)[O-])ccc2Cl)nnc1C1CC1. The number of carbonyl (C=O) groups is 1. The number of hydrogen-bond acceptors (Lipinski definition) is 6. The van der Waals surface area contributed by atoms with Gasteiger partial charge in [0.25, 0.3) is 5.69 Å². The molecule has 1 saturated carbocycles. The molecule has 2 aromatic rings. The Labute approximate surface area is 159 Å². The summed E-state index contributed by atoms with van der Waals surface area (Å²) in [6.07, 6.45) is 3.23. The standard InChI is InChI=1S/C16H18ClN5O3S/c1-2-7-21-15(10-3-4-10)19-20-16(21)26-9-14(23)18-13-8-11(22(24)25)5-6-12(13)17/h5-6,8,10H,2-4,7,9H2,1H3,(H,18,23). The summed E-state index contributed by atoms with van der Waals surface area (Å²) in [4.78, 5) is 22.5. The molecule has 26 heavy (non-hydrogen) atoms. The van der Waals surface area contributed by atoms with Crippen LogP contribution >= 0.6 is 23.4 Å². The van der Waals surface area contributed by atoms with Crippen LogP contribution in [0.15, 0.2) is 23.4 Å². The second-order valence-electron chi connectivity index (χ2n) is 6.02. The van der Waals surface area contributed by atoms with Crippen molar-refractivity contribution in [1.29, 1.82) is 0 Å². The molecule has 1 aliphatic carbocycles. The van der Waals surface area contributed by atoms with E-state index in [1.165, 1.54) is 30.0 Å². The number of amides is 1. The van der Waals surface area contributed by atoms with Crippen LogP contribution in [0, 0.1) is 10.1 Å². The van der Waals surface area contributed by atoms with Gasteiger partial charge in [0, 0.05) is 24.6 Å². The Kier molecular flexibility index (Phi) is 5.77. The fourth-order valence-electron chi connectivity index (χ4n) is 2.52. The maximum atomic E-state index is 12.2. The van der Waals surface area contributed by atoms with E-state index in [2.05, 4.69) is 27.0 Å². The number of hydrogen-bond donors (Lipinski definition) is 1. The third-order valence-corrected chi connectivity index (χ3v) is 5.20. The molecule has 1 aromatic heterocycles. The number of aromatic nitrogens is 3. The monoisotopic (exact) mass is 395 g/mol. The number of carbonyl (C=O) groups excluding carboxylic acids is 1. The lowest BCUT2D eigenvalue weighted by Crippen LogP contribution is -2.15. The van der Waals surface area contributed by atoms with Crippen molar-refractivity contribution in [1.82, 2.24) is 14.8 Å². The van der Waals surface area contributed by atoms with Crippen LogP contribution in [0.25, 0.3) is 0 Å². The normalized spacial score (nSPS) is 13.6. The first-order chi connectivity index (χ1) is 12.5. The van der Waals surface area contributed by atoms with Crippen molar-refractivity contribution in [3.63, 3.8) is 0 Å². The van der Waals surface area contributed by atoms with Crippen molar-refractivity contribution in [2.24, 2.45) is 0 Å². The Hall–Kier alpha value is -2.13. The molecular weight excluding hydrogens is 378 g/mol. The van der Waals surface area contributed by atoms with Gasteiger partial charge in [-0.15, -0.1) is 10.2 Å². The topological polar surface area (TPSA) is 103 Å². The minimum Gasteiger partial charge on any atom is -0.324 e. The molecule has 1 amide bonds. The van der Waals surface area contributed by atoms with Gasteiger partial charge in [-0.2, -0.15) is 0 Å². The van der Waals surface area contributed by atoms with E-state index in [1.807, 2.05) is 0 Å². The van der Waals surface area contributed by atoms with Gasteiger partial charge in [0.05, 0.1) is 21.4 Å². The Morgan fingerprint density at radius 2 is 2.23 bits per heavy atom. The summed E-state index contributed by atoms with van der Waals surface area (Å²) in [5, 5.41) is 22.9. The number of benzene rings is 1. The quantitative estimate of drug-likeness (QED) is 0.413. The summed E-state index contributed by atoms with van der Waals surface area (Å²) in [6, 6.07) is 3.93. The first-order valence-electron chi connectivity index (χ1n) is 8.29. The minimum atomic E-state index is -0.534. The molecule has 1 aliphatic rings. The summed E-state index contributed by atoms with van der Waals surface area (Å²) < 4.78 is 2.08. The van der Waals surface area contributed by atoms with Crippen LogP contribution in [-0.2, 0) is 11.3 Å². The molecular formula is C16H18ClN5O3S. The largest absolute Gasteiger partial charge is 0.324 e. The van der Waals surface area contributed by atoms with Gasteiger partial charge >= 0.3 is 0 Å². The van der Waals surface area contributed by atoms with Gasteiger partial charge < -0.3 is 9.88 Å². The van der Waals surface area contributed by atoms with Crippen molar-refractivity contribution >= 4 is 40.6 Å². The lowest BCUT2D eigenvalue weighted by Gasteiger charge is -2.09. The first-order valence-corrected chi connectivity index (χ1v) is 9.65. The molecule has 0 aliphatic heterocycles. The van der Waals surface area contributed by atoms with Crippen LogP contribution in [0.4, 0.5) is 11.4 Å². The van der Waals surface area contributed by atoms with Gasteiger partial charge in [-0.3, -0.25) is 14.9 Å². The molecule has 0 saturated heterocycles. The maximum absolute atomic E-state index is 12.2. The average molecular weight is 396 g/mol. The zero-order chi connectivity index (χ0) is 18.7. The summed E-state index contributed by atoms with van der Waals surface area (Å²) >= 11 is 7.30. The van der Waals surface area contributed by atoms with E-state index in [4.69, 9.17) is 11.6 Å². The predicted octanol–water partition coefficient (Wildman–Crippen LogP) is 3.86. The van der Waals surface area contributed by atoms with Gasteiger partial charge in [0.2, 0.25) is 5.91 Å². The molecule has 0 spiro atoms. The van der Waals surface area contributed by atoms with E-state index in [1.54, 1.807) is 0 Å². The van der Waals surface area contributed by atoms with Crippen molar-refractivity contribution in [2.75, 3.05) is 11.1 Å². The zero-order valence-corrected chi connectivity index (χ0v) is 15.7. The number of nitrogens with one attached hydrogen (secondary N) is 1. The van der Waals surface area contributed by atoms with Crippen LogP contribution in [0.1, 0.15) is 37.9 Å². The Morgan fingerprint density at radius 1 is 1.46 bits per heavy atom. The van der Waals surface area contributed by atoms with E-state index in [0.29, 0.717) is 11.1 Å². The van der Waals surface area contributed by atoms with E-state index < -0.39 is 4.92 Å². The smallest absolute Gasteiger partial charge is 0.271 e. The molecule has 8 nitrogen and oxygen atoms in total. The van der Waals surface area contributed by atoms with Crippen molar-refractivity contribution in [3.05, 3.63) is 39.2 Å². The van der Waals surface area contributed by atoms with Gasteiger partial charge in [-0.05, 0) is 25.3 Å². The summed E-state index contributed by atoms with van der Waals surface area (Å²) in [6.45, 7) is 2.90. The van der Waals surface area contributed by atoms with Crippen molar-refractivity contribution in [3.8, 4) is 0 Å². The van der Waals surface area contributed by atoms with Crippen molar-refractivity contribution < 1.29 is 9.72 Å². The van der Waals surface area contributed by atoms with Gasteiger partial charge in [0.1, 0.15) is 5.82 Å². The molecule has 1 N–H and O–H groups in total. The lowest BCUT2D eigenvalue weighted by molar-refractivity contribution is -0.384. The maximum Gasteiger partial charge on any atom is 0.271 e. The predicted molar refractivity (Wildman–Crippen MR) is 99.7 cm³/mol. The summed E-state index contributed by atoms with van der Waals surface area (Å²) in [7, 11) is 0. The van der Waals surface area contributed by atoms with Crippen LogP contribution in [-0.4, -0.2) is 31.3 Å². The van der Waals surface area contributed by atoms with Crippen molar-refractivity contribution in [2.45, 2.75) is 43.8 Å². The lowest BCUT2D eigenvalue weighted by atomic mass is 10.3. The molecule has 10 heteroatoms. The van der Waals surface area contributed by atoms with Crippen LogP contribution in [0.2, 0.25) is 5.02 Å². The van der Waals surface area contributed by atoms with Gasteiger partial charge in [0.15, 0.2) is 5.16 Å². The number of thioether (sulfide) groups is 1. The second kappa shape index (κ2) is 8.05. The molecule has 0 bridgehead atoms. The van der Waals surface area contributed by atoms with Crippen LogP contribution < -0.4 is 5.32 Å². The van der Waals surface area contributed by atoms with E-state index in [0.717, 1.165) is 31.6 Å². The molecule has 138 valence electrons. The third-order valence-electron chi connectivity index (χ3n) is 3.90. The third kappa shape index (κ3) is 4.34. The molecule has 1 aromatic carbocycles. The minimum absolute atomic E-state index is 0.117. The number of nitro groups is 1. The molecule has 0 atom stereocenters. The zero-order valence-electron chi connectivity index (χ0n) is 14.1. The molecule has 1 heterocycles. The Bertz CT molecular complexity index is 837. The van der Waals surface area contributed by atoms with Crippen LogP contribution in [0.3, 0.4) is 0 Å². The molecule has 1 fully saturated rings. The highest BCUT2D eigenvalue weighted by atomic mass is 35.5. The molecule has 0 radical (unpaired) electrons. The number of anilines is 1. The fraction of sp³-hybridized carbons (Fsp3) is 0.438. The highest BCUT2D eigenvalue weighted by molar-refractivity contribution is 7.99. The summed E-state index contributed by atoms with van der Waals surface area (Å²) in [5.41, 5.74) is 0.0919. The molecule has 0 unspecified atom stereocenters. The number of non-ortho nitro benzene ring substituents is 1. The first kappa shape index (κ1) is 18.7.